The summed E-state index contributed by atoms with van der Waals surface area (Å²) in [4.78, 5) is 10.7. The van der Waals surface area contributed by atoms with Gasteiger partial charge in [0.05, 0.1) is 0 Å². The standard InChI is InChI=1S/C15H14O/c1-11-5-3-4-6-15(11)13-7-8-14(10-16)12(2)9-13/h3-10H,1-2H3. The van der Waals surface area contributed by atoms with Gasteiger partial charge in [0.1, 0.15) is 6.29 Å². The molecular weight excluding hydrogens is 196 g/mol. The molecule has 0 aliphatic rings. The fourth-order valence-corrected chi connectivity index (χ4v) is 1.87. The highest BCUT2D eigenvalue weighted by molar-refractivity contribution is 5.80. The van der Waals surface area contributed by atoms with Gasteiger partial charge in [0.2, 0.25) is 0 Å². The first kappa shape index (κ1) is 10.6. The Balaban J connectivity index is 2.54. The van der Waals surface area contributed by atoms with Gasteiger partial charge in [0.15, 0.2) is 0 Å². The highest BCUT2D eigenvalue weighted by atomic mass is 16.1. The summed E-state index contributed by atoms with van der Waals surface area (Å²) in [6.45, 7) is 4.06. The van der Waals surface area contributed by atoms with Gasteiger partial charge in [0.25, 0.3) is 0 Å². The molecule has 0 fully saturated rings. The molecule has 0 bridgehead atoms. The zero-order valence-electron chi connectivity index (χ0n) is 9.53. The maximum absolute atomic E-state index is 10.7. The molecule has 2 aromatic carbocycles. The van der Waals surface area contributed by atoms with Crippen molar-refractivity contribution in [1.29, 1.82) is 0 Å². The lowest BCUT2D eigenvalue weighted by atomic mass is 9.97. The highest BCUT2D eigenvalue weighted by Crippen LogP contribution is 2.24. The van der Waals surface area contributed by atoms with E-state index < -0.39 is 0 Å². The van der Waals surface area contributed by atoms with Crippen molar-refractivity contribution in [2.75, 3.05) is 0 Å². The van der Waals surface area contributed by atoms with Crippen LogP contribution in [0, 0.1) is 13.8 Å². The fourth-order valence-electron chi connectivity index (χ4n) is 1.87. The summed E-state index contributed by atoms with van der Waals surface area (Å²) >= 11 is 0. The summed E-state index contributed by atoms with van der Waals surface area (Å²) < 4.78 is 0. The Bertz CT molecular complexity index is 527. The molecule has 0 amide bonds. The maximum Gasteiger partial charge on any atom is 0.150 e. The summed E-state index contributed by atoms with van der Waals surface area (Å²) in [5, 5.41) is 0. The van der Waals surface area contributed by atoms with Gasteiger partial charge in [-0.3, -0.25) is 4.79 Å². The molecule has 0 N–H and O–H groups in total. The lowest BCUT2D eigenvalue weighted by Crippen LogP contribution is -1.88. The van der Waals surface area contributed by atoms with Crippen molar-refractivity contribution < 1.29 is 4.79 Å². The SMILES string of the molecule is Cc1cc(-c2ccccc2C)ccc1C=O. The van der Waals surface area contributed by atoms with E-state index >= 15 is 0 Å². The third-order valence-electron chi connectivity index (χ3n) is 2.85. The van der Waals surface area contributed by atoms with Crippen LogP contribution in [0.25, 0.3) is 11.1 Å². The van der Waals surface area contributed by atoms with Crippen LogP contribution in [-0.4, -0.2) is 6.29 Å². The Hall–Kier alpha value is -1.89. The van der Waals surface area contributed by atoms with Crippen LogP contribution >= 0.6 is 0 Å². The summed E-state index contributed by atoms with van der Waals surface area (Å²) in [6.07, 6.45) is 0.900. The smallest absolute Gasteiger partial charge is 0.150 e. The topological polar surface area (TPSA) is 17.1 Å². The summed E-state index contributed by atoms with van der Waals surface area (Å²) in [5.74, 6) is 0. The van der Waals surface area contributed by atoms with Crippen LogP contribution in [0.4, 0.5) is 0 Å². The van der Waals surface area contributed by atoms with E-state index in [1.54, 1.807) is 0 Å². The molecular formula is C15H14O. The maximum atomic E-state index is 10.7. The Kier molecular flexibility index (Phi) is 2.86. The van der Waals surface area contributed by atoms with E-state index in [4.69, 9.17) is 0 Å². The van der Waals surface area contributed by atoms with Gasteiger partial charge >= 0.3 is 0 Å². The van der Waals surface area contributed by atoms with Gasteiger partial charge in [-0.25, -0.2) is 0 Å². The molecule has 0 aliphatic carbocycles. The molecule has 0 radical (unpaired) electrons. The number of carbonyl (C=O) groups excluding carboxylic acids is 1. The quantitative estimate of drug-likeness (QED) is 0.689. The molecule has 0 heterocycles. The molecule has 0 unspecified atom stereocenters. The second kappa shape index (κ2) is 4.31. The molecule has 0 saturated carbocycles. The van der Waals surface area contributed by atoms with Gasteiger partial charge in [0, 0.05) is 5.56 Å². The van der Waals surface area contributed by atoms with Crippen LogP contribution in [0.5, 0.6) is 0 Å². The summed E-state index contributed by atoms with van der Waals surface area (Å²) in [6, 6.07) is 14.2. The van der Waals surface area contributed by atoms with Crippen molar-refractivity contribution in [2.24, 2.45) is 0 Å². The van der Waals surface area contributed by atoms with Crippen molar-refractivity contribution in [1.82, 2.24) is 0 Å². The van der Waals surface area contributed by atoms with E-state index in [1.807, 2.05) is 31.2 Å². The first-order valence-corrected chi connectivity index (χ1v) is 5.34. The number of aryl methyl sites for hydroxylation is 2. The van der Waals surface area contributed by atoms with Gasteiger partial charge in [-0.2, -0.15) is 0 Å². The van der Waals surface area contributed by atoms with Crippen LogP contribution in [0.1, 0.15) is 21.5 Å². The second-order valence-corrected chi connectivity index (χ2v) is 4.00. The molecule has 80 valence electrons. The van der Waals surface area contributed by atoms with E-state index in [-0.39, 0.29) is 0 Å². The predicted octanol–water partition coefficient (Wildman–Crippen LogP) is 3.78. The summed E-state index contributed by atoms with van der Waals surface area (Å²) in [5.41, 5.74) is 5.43. The molecule has 2 aromatic rings. The van der Waals surface area contributed by atoms with Crippen molar-refractivity contribution in [3.8, 4) is 11.1 Å². The van der Waals surface area contributed by atoms with E-state index in [0.717, 1.165) is 17.4 Å². The van der Waals surface area contributed by atoms with Gasteiger partial charge in [-0.15, -0.1) is 0 Å². The monoisotopic (exact) mass is 210 g/mol. The predicted molar refractivity (Wildman–Crippen MR) is 66.7 cm³/mol. The Morgan fingerprint density at radius 2 is 1.69 bits per heavy atom. The van der Waals surface area contributed by atoms with Gasteiger partial charge < -0.3 is 0 Å². The van der Waals surface area contributed by atoms with Gasteiger partial charge in [-0.05, 0) is 36.1 Å². The Morgan fingerprint density at radius 3 is 2.31 bits per heavy atom. The van der Waals surface area contributed by atoms with Crippen LogP contribution < -0.4 is 0 Å². The van der Waals surface area contributed by atoms with Crippen molar-refractivity contribution in [3.05, 3.63) is 59.2 Å². The average molecular weight is 210 g/mol. The molecule has 0 saturated heterocycles. The van der Waals surface area contributed by atoms with E-state index in [0.29, 0.717) is 0 Å². The van der Waals surface area contributed by atoms with Crippen LogP contribution in [0.3, 0.4) is 0 Å². The van der Waals surface area contributed by atoms with Crippen molar-refractivity contribution >= 4 is 6.29 Å². The fraction of sp³-hybridized carbons (Fsp3) is 0.133. The minimum Gasteiger partial charge on any atom is -0.298 e. The zero-order valence-corrected chi connectivity index (χ0v) is 9.53. The second-order valence-electron chi connectivity index (χ2n) is 4.00. The normalized spacial score (nSPS) is 10.1. The van der Waals surface area contributed by atoms with Crippen molar-refractivity contribution in [3.63, 3.8) is 0 Å². The minimum atomic E-state index is 0.761. The molecule has 2 rings (SSSR count). The third kappa shape index (κ3) is 1.89. The van der Waals surface area contributed by atoms with Crippen LogP contribution in [0.2, 0.25) is 0 Å². The molecule has 0 spiro atoms. The number of hydrogen-bond acceptors (Lipinski definition) is 1. The lowest BCUT2D eigenvalue weighted by Gasteiger charge is -2.07. The molecule has 0 aliphatic heterocycles. The number of benzene rings is 2. The minimum absolute atomic E-state index is 0.761. The molecule has 1 heteroatoms. The van der Waals surface area contributed by atoms with E-state index in [9.17, 15) is 4.79 Å². The molecule has 0 atom stereocenters. The van der Waals surface area contributed by atoms with E-state index in [2.05, 4.69) is 25.1 Å². The number of aldehydes is 1. The largest absolute Gasteiger partial charge is 0.298 e. The van der Waals surface area contributed by atoms with E-state index in [1.165, 1.54) is 16.7 Å². The van der Waals surface area contributed by atoms with Crippen LogP contribution in [-0.2, 0) is 0 Å². The third-order valence-corrected chi connectivity index (χ3v) is 2.85. The first-order chi connectivity index (χ1) is 7.72. The average Bonchev–Trinajstić information content (AvgIpc) is 2.29. The Labute approximate surface area is 95.7 Å². The van der Waals surface area contributed by atoms with Crippen LogP contribution in [0.15, 0.2) is 42.5 Å². The molecule has 0 aromatic heterocycles. The first-order valence-electron chi connectivity index (χ1n) is 5.34. The highest BCUT2D eigenvalue weighted by Gasteiger charge is 2.03. The number of rotatable bonds is 2. The van der Waals surface area contributed by atoms with Crippen molar-refractivity contribution in [2.45, 2.75) is 13.8 Å². The Morgan fingerprint density at radius 1 is 0.938 bits per heavy atom. The summed E-state index contributed by atoms with van der Waals surface area (Å²) in [7, 11) is 0. The number of hydrogen-bond donors (Lipinski definition) is 0. The number of carbonyl (C=O) groups is 1. The molecule has 16 heavy (non-hydrogen) atoms. The zero-order chi connectivity index (χ0) is 11.5. The van der Waals surface area contributed by atoms with Gasteiger partial charge in [-0.1, -0.05) is 42.5 Å². The molecule has 1 nitrogen and oxygen atoms in total. The lowest BCUT2D eigenvalue weighted by molar-refractivity contribution is 0.112.